The highest BCUT2D eigenvalue weighted by Crippen LogP contribution is 2.22. The lowest BCUT2D eigenvalue weighted by Crippen LogP contribution is -2.31. The molecule has 0 atom stereocenters. The Kier molecular flexibility index (Phi) is 5.81. The van der Waals surface area contributed by atoms with Gasteiger partial charge in [-0.2, -0.15) is 0 Å². The van der Waals surface area contributed by atoms with Gasteiger partial charge in [-0.1, -0.05) is 35.5 Å². The molecule has 2 bridgehead atoms. The van der Waals surface area contributed by atoms with Crippen LogP contribution in [0.1, 0.15) is 16.8 Å². The predicted molar refractivity (Wildman–Crippen MR) is 104 cm³/mol. The zero-order valence-electron chi connectivity index (χ0n) is 15.9. The SMILES string of the molecule is O=C1Cn2cc(nn2)CN(Cc2cccc(F)c2)Cc2ccccc2OCCN1. The van der Waals surface area contributed by atoms with Gasteiger partial charge in [-0.05, 0) is 23.8 Å². The minimum atomic E-state index is -0.259. The number of hydrogen-bond acceptors (Lipinski definition) is 5. The van der Waals surface area contributed by atoms with Gasteiger partial charge in [0.25, 0.3) is 0 Å². The molecule has 0 radical (unpaired) electrons. The Labute approximate surface area is 168 Å². The van der Waals surface area contributed by atoms with Gasteiger partial charge in [-0.15, -0.1) is 5.10 Å². The van der Waals surface area contributed by atoms with E-state index in [1.54, 1.807) is 12.3 Å². The average Bonchev–Trinajstić information content (AvgIpc) is 3.12. The summed E-state index contributed by atoms with van der Waals surface area (Å²) < 4.78 is 21.1. The van der Waals surface area contributed by atoms with Gasteiger partial charge in [0.15, 0.2) is 0 Å². The van der Waals surface area contributed by atoms with Gasteiger partial charge >= 0.3 is 0 Å². The first-order valence-corrected chi connectivity index (χ1v) is 9.49. The molecule has 0 saturated carbocycles. The molecule has 8 heteroatoms. The lowest BCUT2D eigenvalue weighted by atomic mass is 10.1. The Hall–Kier alpha value is -3.26. The monoisotopic (exact) mass is 395 g/mol. The van der Waals surface area contributed by atoms with Crippen molar-refractivity contribution in [3.8, 4) is 5.75 Å². The van der Waals surface area contributed by atoms with E-state index in [0.29, 0.717) is 32.8 Å². The van der Waals surface area contributed by atoms with Gasteiger partial charge in [-0.3, -0.25) is 9.69 Å². The minimum absolute atomic E-state index is 0.105. The number of carbonyl (C=O) groups is 1. The van der Waals surface area contributed by atoms with E-state index in [0.717, 1.165) is 22.6 Å². The van der Waals surface area contributed by atoms with E-state index < -0.39 is 0 Å². The summed E-state index contributed by atoms with van der Waals surface area (Å²) in [5, 5.41) is 11.1. The average molecular weight is 395 g/mol. The molecular weight excluding hydrogens is 373 g/mol. The van der Waals surface area contributed by atoms with Crippen molar-refractivity contribution in [3.63, 3.8) is 0 Å². The second-order valence-electron chi connectivity index (χ2n) is 6.99. The lowest BCUT2D eigenvalue weighted by molar-refractivity contribution is -0.121. The van der Waals surface area contributed by atoms with Gasteiger partial charge in [0.05, 0.1) is 18.4 Å². The minimum Gasteiger partial charge on any atom is -0.491 e. The summed E-state index contributed by atoms with van der Waals surface area (Å²) >= 11 is 0. The number of aromatic nitrogens is 3. The molecule has 2 aromatic carbocycles. The molecule has 1 aliphatic rings. The van der Waals surface area contributed by atoms with Crippen molar-refractivity contribution < 1.29 is 13.9 Å². The normalized spacial score (nSPS) is 15.7. The van der Waals surface area contributed by atoms with E-state index in [-0.39, 0.29) is 18.3 Å². The first-order chi connectivity index (χ1) is 14.2. The Balaban J connectivity index is 1.63. The fourth-order valence-corrected chi connectivity index (χ4v) is 3.35. The number of nitrogens with zero attached hydrogens (tertiary/aromatic N) is 4. The summed E-state index contributed by atoms with van der Waals surface area (Å²) in [4.78, 5) is 14.2. The highest BCUT2D eigenvalue weighted by atomic mass is 19.1. The number of ether oxygens (including phenoxy) is 1. The van der Waals surface area contributed by atoms with Gasteiger partial charge in [0.2, 0.25) is 5.91 Å². The maximum atomic E-state index is 13.7. The molecule has 1 N–H and O–H groups in total. The van der Waals surface area contributed by atoms with Crippen LogP contribution in [-0.4, -0.2) is 39.0 Å². The third-order valence-corrected chi connectivity index (χ3v) is 4.62. The Morgan fingerprint density at radius 1 is 1.10 bits per heavy atom. The third kappa shape index (κ3) is 5.17. The Morgan fingerprint density at radius 2 is 2.00 bits per heavy atom. The van der Waals surface area contributed by atoms with Crippen molar-refractivity contribution in [2.45, 2.75) is 26.2 Å². The molecule has 0 spiro atoms. The van der Waals surface area contributed by atoms with Crippen LogP contribution in [0.3, 0.4) is 0 Å². The molecule has 1 aromatic heterocycles. The maximum absolute atomic E-state index is 13.7. The van der Waals surface area contributed by atoms with Gasteiger partial charge < -0.3 is 10.1 Å². The van der Waals surface area contributed by atoms with E-state index in [1.807, 2.05) is 30.3 Å². The number of nitrogens with one attached hydrogen (secondary N) is 1. The standard InChI is InChI=1S/C21H22FN5O2/c22-18-6-3-4-16(10-18)11-26-12-17-5-1-2-7-20(17)29-9-8-23-21(28)15-27-14-19(13-26)24-25-27/h1-7,10,14H,8-9,11-13,15H2,(H,23,28). The molecule has 7 nitrogen and oxygen atoms in total. The number of amides is 1. The summed E-state index contributed by atoms with van der Waals surface area (Å²) in [5.41, 5.74) is 2.63. The zero-order valence-corrected chi connectivity index (χ0v) is 15.9. The lowest BCUT2D eigenvalue weighted by Gasteiger charge is -2.23. The van der Waals surface area contributed by atoms with Gasteiger partial charge in [-0.25, -0.2) is 9.07 Å². The van der Waals surface area contributed by atoms with Crippen LogP contribution >= 0.6 is 0 Å². The molecule has 29 heavy (non-hydrogen) atoms. The van der Waals surface area contributed by atoms with E-state index in [9.17, 15) is 9.18 Å². The number of benzene rings is 2. The van der Waals surface area contributed by atoms with Crippen molar-refractivity contribution in [3.05, 3.63) is 77.4 Å². The number of carbonyl (C=O) groups excluding carboxylic acids is 1. The molecule has 1 amide bonds. The topological polar surface area (TPSA) is 72.3 Å². The van der Waals surface area contributed by atoms with E-state index in [4.69, 9.17) is 4.74 Å². The molecule has 0 aliphatic carbocycles. The molecule has 1 aliphatic heterocycles. The second-order valence-corrected chi connectivity index (χ2v) is 6.99. The van der Waals surface area contributed by atoms with E-state index >= 15 is 0 Å². The number of para-hydroxylation sites is 1. The van der Waals surface area contributed by atoms with Crippen LogP contribution in [0.4, 0.5) is 4.39 Å². The summed E-state index contributed by atoms with van der Waals surface area (Å²) in [7, 11) is 0. The van der Waals surface area contributed by atoms with Crippen LogP contribution in [0.5, 0.6) is 5.75 Å². The summed E-state index contributed by atoms with van der Waals surface area (Å²) in [6, 6.07) is 14.4. The van der Waals surface area contributed by atoms with Gasteiger partial charge in [0, 0.05) is 25.2 Å². The molecule has 2 heterocycles. The molecule has 150 valence electrons. The fraction of sp³-hybridized carbons (Fsp3) is 0.286. The van der Waals surface area contributed by atoms with E-state index in [2.05, 4.69) is 20.5 Å². The van der Waals surface area contributed by atoms with Crippen molar-refractivity contribution in [2.75, 3.05) is 13.2 Å². The Bertz CT molecular complexity index is 990. The van der Waals surface area contributed by atoms with Crippen LogP contribution < -0.4 is 10.1 Å². The Morgan fingerprint density at radius 3 is 2.90 bits per heavy atom. The highest BCUT2D eigenvalue weighted by molar-refractivity contribution is 5.75. The van der Waals surface area contributed by atoms with Crippen LogP contribution in [0, 0.1) is 5.82 Å². The quantitative estimate of drug-likeness (QED) is 0.720. The zero-order chi connectivity index (χ0) is 20.1. The first kappa shape index (κ1) is 19.1. The van der Waals surface area contributed by atoms with Crippen molar-refractivity contribution >= 4 is 5.91 Å². The first-order valence-electron chi connectivity index (χ1n) is 9.49. The summed E-state index contributed by atoms with van der Waals surface area (Å²) in [6.45, 7) is 2.53. The van der Waals surface area contributed by atoms with E-state index in [1.165, 1.54) is 16.8 Å². The van der Waals surface area contributed by atoms with Crippen molar-refractivity contribution in [1.82, 2.24) is 25.2 Å². The highest BCUT2D eigenvalue weighted by Gasteiger charge is 2.15. The number of hydrogen-bond donors (Lipinski definition) is 1. The molecule has 0 fully saturated rings. The third-order valence-electron chi connectivity index (χ3n) is 4.62. The largest absolute Gasteiger partial charge is 0.491 e. The van der Waals surface area contributed by atoms with Gasteiger partial charge in [0.1, 0.15) is 24.7 Å². The number of halogens is 1. The molecule has 0 unspecified atom stereocenters. The molecule has 0 saturated heterocycles. The molecular formula is C21H22FN5O2. The number of rotatable bonds is 2. The van der Waals surface area contributed by atoms with Crippen LogP contribution in [0.15, 0.2) is 54.7 Å². The summed E-state index contributed by atoms with van der Waals surface area (Å²) in [5.74, 6) is 0.365. The van der Waals surface area contributed by atoms with Crippen LogP contribution in [0.2, 0.25) is 0 Å². The van der Waals surface area contributed by atoms with Crippen molar-refractivity contribution in [1.29, 1.82) is 0 Å². The van der Waals surface area contributed by atoms with Crippen molar-refractivity contribution in [2.24, 2.45) is 0 Å². The fourth-order valence-electron chi connectivity index (χ4n) is 3.35. The van der Waals surface area contributed by atoms with Crippen LogP contribution in [-0.2, 0) is 31.0 Å². The second kappa shape index (κ2) is 8.83. The van der Waals surface area contributed by atoms with Crippen LogP contribution in [0.25, 0.3) is 0 Å². The summed E-state index contributed by atoms with van der Waals surface area (Å²) in [6.07, 6.45) is 1.77. The maximum Gasteiger partial charge on any atom is 0.241 e. The number of fused-ring (bicyclic) bond motifs is 3. The predicted octanol–water partition coefficient (Wildman–Crippen LogP) is 2.13. The molecule has 3 aromatic rings. The molecule has 4 rings (SSSR count). The smallest absolute Gasteiger partial charge is 0.241 e.